The molecule has 2 atom stereocenters. The van der Waals surface area contributed by atoms with Crippen molar-refractivity contribution in [1.29, 1.82) is 0 Å². The highest BCUT2D eigenvalue weighted by Crippen LogP contribution is 2.20. The fourth-order valence-electron chi connectivity index (χ4n) is 2.90. The number of nitrogens with zero attached hydrogens (tertiary/aromatic N) is 1. The maximum Gasteiger partial charge on any atom is 0.119 e. The predicted molar refractivity (Wildman–Crippen MR) is 76.1 cm³/mol. The van der Waals surface area contributed by atoms with Crippen LogP contribution in [0.3, 0.4) is 0 Å². The number of rotatable bonds is 4. The van der Waals surface area contributed by atoms with E-state index in [4.69, 9.17) is 4.74 Å². The second kappa shape index (κ2) is 6.24. The maximum atomic E-state index is 5.79. The number of piperidine rings is 1. The number of hydrogen-bond donors (Lipinski definition) is 0. The van der Waals surface area contributed by atoms with E-state index >= 15 is 0 Å². The van der Waals surface area contributed by atoms with Gasteiger partial charge in [0, 0.05) is 19.6 Å². The van der Waals surface area contributed by atoms with Gasteiger partial charge in [0.05, 0.1) is 0 Å². The van der Waals surface area contributed by atoms with E-state index in [-0.39, 0.29) is 0 Å². The van der Waals surface area contributed by atoms with E-state index in [2.05, 4.69) is 49.9 Å². The average Bonchev–Trinajstić information content (AvgIpc) is 2.30. The van der Waals surface area contributed by atoms with Gasteiger partial charge in [-0.3, -0.25) is 4.90 Å². The molecule has 0 bridgehead atoms. The molecule has 1 aliphatic heterocycles. The molecule has 0 radical (unpaired) electrons. The van der Waals surface area contributed by atoms with Gasteiger partial charge in [0.1, 0.15) is 12.4 Å². The van der Waals surface area contributed by atoms with E-state index in [1.165, 1.54) is 25.1 Å². The SMILES string of the molecule is Cc1ccc(OCCN2CC(C)CC(C)C2)cc1. The Hall–Kier alpha value is -1.02. The lowest BCUT2D eigenvalue weighted by Gasteiger charge is -2.34. The summed E-state index contributed by atoms with van der Waals surface area (Å²) < 4.78 is 5.79. The summed E-state index contributed by atoms with van der Waals surface area (Å²) in [6.45, 7) is 11.1. The molecular weight excluding hydrogens is 222 g/mol. The summed E-state index contributed by atoms with van der Waals surface area (Å²) in [4.78, 5) is 2.53. The Balaban J connectivity index is 1.73. The van der Waals surface area contributed by atoms with Crippen molar-refractivity contribution in [1.82, 2.24) is 4.90 Å². The van der Waals surface area contributed by atoms with Gasteiger partial charge in [0.15, 0.2) is 0 Å². The van der Waals surface area contributed by atoms with Crippen molar-refractivity contribution >= 4 is 0 Å². The molecule has 2 rings (SSSR count). The Kier molecular flexibility index (Phi) is 4.65. The maximum absolute atomic E-state index is 5.79. The number of hydrogen-bond acceptors (Lipinski definition) is 2. The first kappa shape index (κ1) is 13.4. The van der Waals surface area contributed by atoms with Crippen molar-refractivity contribution < 1.29 is 4.74 Å². The Morgan fingerprint density at radius 2 is 1.72 bits per heavy atom. The third-order valence-corrected chi connectivity index (χ3v) is 3.64. The largest absolute Gasteiger partial charge is 0.492 e. The molecule has 0 saturated carbocycles. The molecule has 2 nitrogen and oxygen atoms in total. The highest BCUT2D eigenvalue weighted by molar-refractivity contribution is 5.26. The van der Waals surface area contributed by atoms with Gasteiger partial charge >= 0.3 is 0 Å². The molecule has 2 heteroatoms. The second-order valence-electron chi connectivity index (χ2n) is 5.87. The topological polar surface area (TPSA) is 12.5 Å². The zero-order valence-corrected chi connectivity index (χ0v) is 11.9. The number of likely N-dealkylation sites (tertiary alicyclic amines) is 1. The van der Waals surface area contributed by atoms with Gasteiger partial charge in [0.2, 0.25) is 0 Å². The highest BCUT2D eigenvalue weighted by Gasteiger charge is 2.21. The van der Waals surface area contributed by atoms with Crippen LogP contribution in [-0.2, 0) is 0 Å². The molecule has 0 aliphatic carbocycles. The van der Waals surface area contributed by atoms with Crippen molar-refractivity contribution in [3.8, 4) is 5.75 Å². The zero-order valence-electron chi connectivity index (χ0n) is 11.9. The molecule has 18 heavy (non-hydrogen) atoms. The Morgan fingerprint density at radius 1 is 1.11 bits per heavy atom. The summed E-state index contributed by atoms with van der Waals surface area (Å²) in [5, 5.41) is 0. The van der Waals surface area contributed by atoms with Crippen LogP contribution in [0.2, 0.25) is 0 Å². The van der Waals surface area contributed by atoms with Gasteiger partial charge in [-0.2, -0.15) is 0 Å². The number of benzene rings is 1. The van der Waals surface area contributed by atoms with Crippen molar-refractivity contribution in [3.05, 3.63) is 29.8 Å². The summed E-state index contributed by atoms with van der Waals surface area (Å²) in [6.07, 6.45) is 1.37. The molecule has 1 saturated heterocycles. The van der Waals surface area contributed by atoms with Crippen molar-refractivity contribution in [2.24, 2.45) is 11.8 Å². The molecule has 1 aliphatic rings. The summed E-state index contributed by atoms with van der Waals surface area (Å²) in [5.41, 5.74) is 1.28. The average molecular weight is 247 g/mol. The lowest BCUT2D eigenvalue weighted by molar-refractivity contribution is 0.120. The monoisotopic (exact) mass is 247 g/mol. The van der Waals surface area contributed by atoms with E-state index in [0.717, 1.165) is 30.7 Å². The molecule has 0 aromatic heterocycles. The minimum Gasteiger partial charge on any atom is -0.492 e. The summed E-state index contributed by atoms with van der Waals surface area (Å²) in [7, 11) is 0. The molecule has 1 aromatic rings. The zero-order chi connectivity index (χ0) is 13.0. The van der Waals surface area contributed by atoms with Gasteiger partial charge in [-0.25, -0.2) is 0 Å². The van der Waals surface area contributed by atoms with Gasteiger partial charge < -0.3 is 4.74 Å². The van der Waals surface area contributed by atoms with Crippen LogP contribution in [0.25, 0.3) is 0 Å². The third kappa shape index (κ3) is 4.02. The first-order valence-electron chi connectivity index (χ1n) is 7.05. The molecule has 0 N–H and O–H groups in total. The molecule has 100 valence electrons. The van der Waals surface area contributed by atoms with Crippen LogP contribution in [0.1, 0.15) is 25.8 Å². The first-order chi connectivity index (χ1) is 8.63. The van der Waals surface area contributed by atoms with E-state index in [1.807, 2.05) is 0 Å². The minimum atomic E-state index is 0.794. The van der Waals surface area contributed by atoms with Crippen LogP contribution in [0.4, 0.5) is 0 Å². The van der Waals surface area contributed by atoms with Crippen LogP contribution < -0.4 is 4.74 Å². The molecule has 1 fully saturated rings. The normalized spacial score (nSPS) is 25.1. The van der Waals surface area contributed by atoms with Crippen LogP contribution >= 0.6 is 0 Å². The fraction of sp³-hybridized carbons (Fsp3) is 0.625. The smallest absolute Gasteiger partial charge is 0.119 e. The predicted octanol–water partition coefficient (Wildman–Crippen LogP) is 3.35. The van der Waals surface area contributed by atoms with Crippen molar-refractivity contribution in [3.63, 3.8) is 0 Å². The fourth-order valence-corrected chi connectivity index (χ4v) is 2.90. The highest BCUT2D eigenvalue weighted by atomic mass is 16.5. The molecular formula is C16H25NO. The van der Waals surface area contributed by atoms with E-state index in [9.17, 15) is 0 Å². The second-order valence-corrected chi connectivity index (χ2v) is 5.87. The van der Waals surface area contributed by atoms with Crippen LogP contribution in [0.15, 0.2) is 24.3 Å². The molecule has 0 amide bonds. The van der Waals surface area contributed by atoms with E-state index < -0.39 is 0 Å². The Labute approximate surface area is 111 Å². The lowest BCUT2D eigenvalue weighted by atomic mass is 9.92. The quantitative estimate of drug-likeness (QED) is 0.809. The molecule has 2 unspecified atom stereocenters. The minimum absolute atomic E-state index is 0.794. The van der Waals surface area contributed by atoms with E-state index in [0.29, 0.717) is 0 Å². The van der Waals surface area contributed by atoms with Gasteiger partial charge in [0.25, 0.3) is 0 Å². The molecule has 1 heterocycles. The Morgan fingerprint density at radius 3 is 2.33 bits per heavy atom. The first-order valence-corrected chi connectivity index (χ1v) is 7.05. The van der Waals surface area contributed by atoms with E-state index in [1.54, 1.807) is 0 Å². The van der Waals surface area contributed by atoms with Gasteiger partial charge in [-0.05, 0) is 37.3 Å². The van der Waals surface area contributed by atoms with Crippen LogP contribution in [-0.4, -0.2) is 31.1 Å². The van der Waals surface area contributed by atoms with Gasteiger partial charge in [-0.1, -0.05) is 31.5 Å². The summed E-state index contributed by atoms with van der Waals surface area (Å²) >= 11 is 0. The van der Waals surface area contributed by atoms with Crippen LogP contribution in [0.5, 0.6) is 5.75 Å². The summed E-state index contributed by atoms with van der Waals surface area (Å²) in [6, 6.07) is 8.30. The van der Waals surface area contributed by atoms with Crippen molar-refractivity contribution in [2.45, 2.75) is 27.2 Å². The standard InChI is InChI=1S/C16H25NO/c1-13-4-6-16(7-5-13)18-9-8-17-11-14(2)10-15(3)12-17/h4-7,14-15H,8-12H2,1-3H3. The van der Waals surface area contributed by atoms with Crippen molar-refractivity contribution in [2.75, 3.05) is 26.2 Å². The summed E-state index contributed by atoms with van der Waals surface area (Å²) in [5.74, 6) is 2.64. The lowest BCUT2D eigenvalue weighted by Crippen LogP contribution is -2.40. The number of aryl methyl sites for hydroxylation is 1. The molecule has 0 spiro atoms. The molecule has 1 aromatic carbocycles. The number of ether oxygens (including phenoxy) is 1. The third-order valence-electron chi connectivity index (χ3n) is 3.64. The van der Waals surface area contributed by atoms with Crippen LogP contribution in [0, 0.1) is 18.8 Å². The van der Waals surface area contributed by atoms with Gasteiger partial charge in [-0.15, -0.1) is 0 Å². The Bertz CT molecular complexity index is 350.